The second-order valence-corrected chi connectivity index (χ2v) is 5.32. The molecule has 1 atom stereocenters. The lowest BCUT2D eigenvalue weighted by Crippen LogP contribution is -2.52. The Kier molecular flexibility index (Phi) is 3.85. The fraction of sp³-hybridized carbons (Fsp3) is 0.385. The Hall–Kier alpha value is -1.82. The van der Waals surface area contributed by atoms with Gasteiger partial charge in [0.15, 0.2) is 0 Å². The molecule has 1 saturated heterocycles. The van der Waals surface area contributed by atoms with E-state index in [0.29, 0.717) is 19.4 Å². The van der Waals surface area contributed by atoms with E-state index < -0.39 is 23.4 Å². The van der Waals surface area contributed by atoms with Crippen LogP contribution in [0.5, 0.6) is 0 Å². The number of amides is 2. The molecule has 20 heavy (non-hydrogen) atoms. The molecule has 1 unspecified atom stereocenters. The molecule has 0 aromatic heterocycles. The van der Waals surface area contributed by atoms with Gasteiger partial charge in [0, 0.05) is 11.6 Å². The van der Waals surface area contributed by atoms with Gasteiger partial charge in [0.2, 0.25) is 0 Å². The van der Waals surface area contributed by atoms with Crippen molar-refractivity contribution in [1.29, 1.82) is 0 Å². The number of anilines is 1. The monoisotopic (exact) mass is 300 g/mol. The summed E-state index contributed by atoms with van der Waals surface area (Å²) in [5, 5.41) is 11.8. The smallest absolute Gasteiger partial charge is 0.329 e. The van der Waals surface area contributed by atoms with Crippen LogP contribution < -0.4 is 5.32 Å². The average molecular weight is 301 g/mol. The zero-order valence-electron chi connectivity index (χ0n) is 10.8. The summed E-state index contributed by atoms with van der Waals surface area (Å²) in [5.74, 6) is -1.73. The highest BCUT2D eigenvalue weighted by Crippen LogP contribution is 2.30. The van der Waals surface area contributed by atoms with Crippen LogP contribution in [-0.4, -0.2) is 34.1 Å². The number of nitrogens with zero attached hydrogens (tertiary/aromatic N) is 1. The minimum Gasteiger partial charge on any atom is -0.480 e. The highest BCUT2D eigenvalue weighted by Gasteiger charge is 2.46. The van der Waals surface area contributed by atoms with Crippen molar-refractivity contribution in [2.45, 2.75) is 25.3 Å². The Balaban J connectivity index is 2.18. The van der Waals surface area contributed by atoms with E-state index in [0.717, 1.165) is 6.07 Å². The number of benzene rings is 1. The maximum Gasteiger partial charge on any atom is 0.329 e. The fourth-order valence-corrected chi connectivity index (χ4v) is 2.44. The molecule has 1 aromatic carbocycles. The number of likely N-dealkylation sites (tertiary alicyclic amines) is 1. The summed E-state index contributed by atoms with van der Waals surface area (Å²) in [4.78, 5) is 24.6. The molecule has 0 saturated carbocycles. The summed E-state index contributed by atoms with van der Waals surface area (Å²) in [6, 6.07) is 3.23. The minimum atomic E-state index is -1.26. The quantitative estimate of drug-likeness (QED) is 0.882. The van der Waals surface area contributed by atoms with Gasteiger partial charge in [-0.1, -0.05) is 11.6 Å². The first-order valence-electron chi connectivity index (χ1n) is 6.11. The number of rotatable bonds is 2. The largest absolute Gasteiger partial charge is 0.480 e. The van der Waals surface area contributed by atoms with Crippen LogP contribution in [-0.2, 0) is 4.79 Å². The molecule has 0 spiro atoms. The van der Waals surface area contributed by atoms with Crippen molar-refractivity contribution in [2.24, 2.45) is 0 Å². The van der Waals surface area contributed by atoms with Gasteiger partial charge in [0.25, 0.3) is 0 Å². The van der Waals surface area contributed by atoms with Gasteiger partial charge in [-0.3, -0.25) is 0 Å². The van der Waals surface area contributed by atoms with Crippen molar-refractivity contribution in [2.75, 3.05) is 11.9 Å². The predicted molar refractivity (Wildman–Crippen MR) is 72.4 cm³/mol. The molecule has 1 aliphatic heterocycles. The predicted octanol–water partition coefficient (Wildman–Crippen LogP) is 2.95. The van der Waals surface area contributed by atoms with Crippen LogP contribution in [0.25, 0.3) is 0 Å². The van der Waals surface area contributed by atoms with E-state index in [1.807, 2.05) is 0 Å². The summed E-state index contributed by atoms with van der Waals surface area (Å²) in [6.45, 7) is 1.81. The van der Waals surface area contributed by atoms with Crippen molar-refractivity contribution in [3.05, 3.63) is 29.0 Å². The molecular weight excluding hydrogens is 287 g/mol. The van der Waals surface area contributed by atoms with Crippen LogP contribution in [0.15, 0.2) is 18.2 Å². The van der Waals surface area contributed by atoms with Crippen molar-refractivity contribution >= 4 is 29.3 Å². The van der Waals surface area contributed by atoms with Crippen LogP contribution in [0.3, 0.4) is 0 Å². The number of carboxylic acids is 1. The average Bonchev–Trinajstić information content (AvgIpc) is 2.76. The molecule has 5 nitrogen and oxygen atoms in total. The summed E-state index contributed by atoms with van der Waals surface area (Å²) in [5.41, 5.74) is -1.29. The third-order valence-corrected chi connectivity index (χ3v) is 3.75. The second kappa shape index (κ2) is 5.28. The first-order valence-corrected chi connectivity index (χ1v) is 6.49. The zero-order chi connectivity index (χ0) is 14.9. The maximum absolute atomic E-state index is 13.6. The second-order valence-electron chi connectivity index (χ2n) is 4.89. The van der Waals surface area contributed by atoms with Crippen molar-refractivity contribution in [1.82, 2.24) is 4.90 Å². The lowest BCUT2D eigenvalue weighted by Gasteiger charge is -2.31. The molecular formula is C13H14ClFN2O3. The van der Waals surface area contributed by atoms with Crippen LogP contribution in [0.2, 0.25) is 5.02 Å². The van der Waals surface area contributed by atoms with E-state index in [1.165, 1.54) is 24.0 Å². The van der Waals surface area contributed by atoms with E-state index in [9.17, 15) is 19.1 Å². The van der Waals surface area contributed by atoms with E-state index in [2.05, 4.69) is 5.32 Å². The number of carboxylic acid groups (broad SMARTS) is 1. The number of aliphatic carboxylic acids is 1. The number of carbonyl (C=O) groups excluding carboxylic acids is 1. The summed E-state index contributed by atoms with van der Waals surface area (Å²) in [6.07, 6.45) is 0.970. The van der Waals surface area contributed by atoms with E-state index >= 15 is 0 Å². The van der Waals surface area contributed by atoms with Gasteiger partial charge in [-0.15, -0.1) is 0 Å². The molecule has 0 bridgehead atoms. The van der Waals surface area contributed by atoms with Crippen LogP contribution >= 0.6 is 11.6 Å². The number of halogens is 2. The van der Waals surface area contributed by atoms with Crippen LogP contribution in [0, 0.1) is 5.82 Å². The first kappa shape index (κ1) is 14.6. The molecule has 108 valence electrons. The van der Waals surface area contributed by atoms with Crippen LogP contribution in [0.1, 0.15) is 19.8 Å². The van der Waals surface area contributed by atoms with E-state index in [-0.39, 0.29) is 10.7 Å². The zero-order valence-corrected chi connectivity index (χ0v) is 11.6. The molecule has 2 amide bonds. The van der Waals surface area contributed by atoms with Gasteiger partial charge < -0.3 is 15.3 Å². The van der Waals surface area contributed by atoms with E-state index in [1.54, 1.807) is 0 Å². The number of nitrogens with one attached hydrogen (secondary N) is 1. The summed E-state index contributed by atoms with van der Waals surface area (Å²) in [7, 11) is 0. The van der Waals surface area contributed by atoms with E-state index in [4.69, 9.17) is 11.6 Å². The Labute approximate surface area is 120 Å². The Morgan fingerprint density at radius 2 is 2.20 bits per heavy atom. The molecule has 0 aliphatic carbocycles. The lowest BCUT2D eigenvalue weighted by atomic mass is 10.00. The molecule has 1 fully saturated rings. The fourth-order valence-electron chi connectivity index (χ4n) is 2.28. The van der Waals surface area contributed by atoms with Gasteiger partial charge >= 0.3 is 12.0 Å². The van der Waals surface area contributed by atoms with Gasteiger partial charge in [-0.25, -0.2) is 14.0 Å². The van der Waals surface area contributed by atoms with Gasteiger partial charge in [-0.2, -0.15) is 0 Å². The Morgan fingerprint density at radius 3 is 2.80 bits per heavy atom. The van der Waals surface area contributed by atoms with Gasteiger partial charge in [0.05, 0.1) is 5.69 Å². The van der Waals surface area contributed by atoms with Gasteiger partial charge in [-0.05, 0) is 38.0 Å². The highest BCUT2D eigenvalue weighted by molar-refractivity contribution is 6.30. The molecule has 1 aliphatic rings. The van der Waals surface area contributed by atoms with Gasteiger partial charge in [0.1, 0.15) is 11.4 Å². The third kappa shape index (κ3) is 2.56. The van der Waals surface area contributed by atoms with Crippen molar-refractivity contribution in [3.63, 3.8) is 0 Å². The number of carbonyl (C=O) groups is 2. The SMILES string of the molecule is CC1(C(=O)O)CCCN1C(=O)Nc1ccc(Cl)cc1F. The summed E-state index contributed by atoms with van der Waals surface area (Å²) < 4.78 is 13.6. The minimum absolute atomic E-state index is 0.0287. The lowest BCUT2D eigenvalue weighted by molar-refractivity contribution is -0.146. The summed E-state index contributed by atoms with van der Waals surface area (Å²) >= 11 is 5.63. The molecule has 1 aromatic rings. The highest BCUT2D eigenvalue weighted by atomic mass is 35.5. The molecule has 2 N–H and O–H groups in total. The molecule has 1 heterocycles. The Morgan fingerprint density at radius 1 is 1.50 bits per heavy atom. The number of hydrogen-bond acceptors (Lipinski definition) is 2. The number of urea groups is 1. The van der Waals surface area contributed by atoms with Crippen molar-refractivity contribution < 1.29 is 19.1 Å². The molecule has 2 rings (SSSR count). The maximum atomic E-state index is 13.6. The number of hydrogen-bond donors (Lipinski definition) is 2. The Bertz CT molecular complexity index is 567. The third-order valence-electron chi connectivity index (χ3n) is 3.52. The topological polar surface area (TPSA) is 69.6 Å². The molecule has 7 heteroatoms. The van der Waals surface area contributed by atoms with Crippen molar-refractivity contribution in [3.8, 4) is 0 Å². The molecule has 0 radical (unpaired) electrons. The normalized spacial score (nSPS) is 21.9. The van der Waals surface area contributed by atoms with Crippen LogP contribution in [0.4, 0.5) is 14.9 Å². The first-order chi connectivity index (χ1) is 9.34. The standard InChI is InChI=1S/C13H14ClFN2O3/c1-13(11(18)19)5-2-6-17(13)12(20)16-10-4-3-8(14)7-9(10)15/h3-4,7H,2,5-6H2,1H3,(H,16,20)(H,18,19).